The third-order valence-corrected chi connectivity index (χ3v) is 5.18. The van der Waals surface area contributed by atoms with E-state index in [1.807, 2.05) is 30.5 Å². The van der Waals surface area contributed by atoms with Crippen LogP contribution in [0.2, 0.25) is 0 Å². The van der Waals surface area contributed by atoms with E-state index in [1.54, 1.807) is 6.07 Å². The molecule has 1 aromatic heterocycles. The van der Waals surface area contributed by atoms with Crippen LogP contribution in [-0.2, 0) is 0 Å². The van der Waals surface area contributed by atoms with Gasteiger partial charge in [0.1, 0.15) is 5.75 Å². The first-order chi connectivity index (χ1) is 13.8. The van der Waals surface area contributed by atoms with Crippen LogP contribution in [0.3, 0.4) is 0 Å². The monoisotopic (exact) mass is 361 g/mol. The van der Waals surface area contributed by atoms with Gasteiger partial charge in [0.15, 0.2) is 0 Å². The maximum Gasteiger partial charge on any atom is 0.123 e. The molecule has 0 radical (unpaired) electrons. The fraction of sp³-hybridized carbons (Fsp3) is 0. The minimum Gasteiger partial charge on any atom is -0.507 e. The lowest BCUT2D eigenvalue weighted by molar-refractivity contribution is 0.477. The zero-order valence-electron chi connectivity index (χ0n) is 15.3. The van der Waals surface area contributed by atoms with Crippen molar-refractivity contribution in [2.45, 2.75) is 0 Å². The summed E-state index contributed by atoms with van der Waals surface area (Å²) in [6, 6.07) is 32.8. The van der Waals surface area contributed by atoms with Crippen molar-refractivity contribution in [3.05, 3.63) is 103 Å². The van der Waals surface area contributed by atoms with Gasteiger partial charge in [0.25, 0.3) is 0 Å². The summed E-state index contributed by atoms with van der Waals surface area (Å²) in [7, 11) is 0. The van der Waals surface area contributed by atoms with Crippen molar-refractivity contribution < 1.29 is 5.11 Å². The van der Waals surface area contributed by atoms with Gasteiger partial charge in [-0.3, -0.25) is 0 Å². The average molecular weight is 361 g/mol. The lowest BCUT2D eigenvalue weighted by atomic mass is 9.95. The van der Waals surface area contributed by atoms with Gasteiger partial charge in [-0.2, -0.15) is 0 Å². The maximum absolute atomic E-state index is 10.1. The van der Waals surface area contributed by atoms with Crippen LogP contribution in [-0.4, -0.2) is 10.1 Å². The Kier molecular flexibility index (Phi) is 3.95. The summed E-state index contributed by atoms with van der Waals surface area (Å²) in [6.45, 7) is 0. The Hall–Kier alpha value is -3.78. The molecule has 0 saturated carbocycles. The lowest BCUT2D eigenvalue weighted by Gasteiger charge is -2.10. The number of phenolic OH excluding ortho intramolecular Hbond substituents is 1. The van der Waals surface area contributed by atoms with Crippen molar-refractivity contribution in [2.75, 3.05) is 0 Å². The van der Waals surface area contributed by atoms with Gasteiger partial charge in [0, 0.05) is 22.7 Å². The highest BCUT2D eigenvalue weighted by molar-refractivity contribution is 5.98. The summed E-state index contributed by atoms with van der Waals surface area (Å²) >= 11 is 0. The number of hydrogen-bond donors (Lipinski definition) is 2. The molecule has 0 saturated heterocycles. The highest BCUT2D eigenvalue weighted by atomic mass is 16.3. The number of aromatic hydroxyl groups is 1. The normalized spacial score (nSPS) is 11.0. The van der Waals surface area contributed by atoms with Crippen molar-refractivity contribution in [3.63, 3.8) is 0 Å². The van der Waals surface area contributed by atoms with Crippen molar-refractivity contribution in [2.24, 2.45) is 0 Å². The highest BCUT2D eigenvalue weighted by Crippen LogP contribution is 2.35. The van der Waals surface area contributed by atoms with E-state index in [2.05, 4.69) is 71.7 Å². The van der Waals surface area contributed by atoms with E-state index in [4.69, 9.17) is 0 Å². The third-order valence-electron chi connectivity index (χ3n) is 5.18. The number of aromatic amines is 1. The molecule has 4 aromatic carbocycles. The fourth-order valence-corrected chi connectivity index (χ4v) is 3.74. The zero-order chi connectivity index (χ0) is 18.9. The van der Waals surface area contributed by atoms with Gasteiger partial charge >= 0.3 is 0 Å². The Morgan fingerprint density at radius 2 is 1.21 bits per heavy atom. The first-order valence-corrected chi connectivity index (χ1v) is 9.35. The predicted molar refractivity (Wildman–Crippen MR) is 116 cm³/mol. The molecule has 134 valence electrons. The SMILES string of the molecule is Oc1ccccc1-c1ccc(-c2cc(-c3ccccc3)c3[nH]ccc3c2)cc1. The minimum atomic E-state index is 0.301. The fourth-order valence-electron chi connectivity index (χ4n) is 3.74. The summed E-state index contributed by atoms with van der Waals surface area (Å²) < 4.78 is 0. The third kappa shape index (κ3) is 2.85. The molecule has 2 nitrogen and oxygen atoms in total. The number of nitrogens with one attached hydrogen (secondary N) is 1. The molecule has 0 spiro atoms. The van der Waals surface area contributed by atoms with Crippen molar-refractivity contribution in [1.82, 2.24) is 4.98 Å². The zero-order valence-corrected chi connectivity index (χ0v) is 15.3. The Labute approximate surface area is 163 Å². The second-order valence-electron chi connectivity index (χ2n) is 6.93. The molecule has 0 bridgehead atoms. The predicted octanol–water partition coefficient (Wildman–Crippen LogP) is 6.87. The van der Waals surface area contributed by atoms with Gasteiger partial charge in [-0.15, -0.1) is 0 Å². The quantitative estimate of drug-likeness (QED) is 0.361. The van der Waals surface area contributed by atoms with Crippen LogP contribution in [0.4, 0.5) is 0 Å². The Morgan fingerprint density at radius 1 is 0.536 bits per heavy atom. The number of para-hydroxylation sites is 1. The Balaban J connectivity index is 1.61. The second kappa shape index (κ2) is 6.75. The molecule has 0 fully saturated rings. The van der Waals surface area contributed by atoms with E-state index in [0.717, 1.165) is 22.2 Å². The van der Waals surface area contributed by atoms with E-state index in [1.165, 1.54) is 22.1 Å². The largest absolute Gasteiger partial charge is 0.507 e. The van der Waals surface area contributed by atoms with Gasteiger partial charge in [-0.25, -0.2) is 0 Å². The van der Waals surface area contributed by atoms with E-state index in [0.29, 0.717) is 5.75 Å². The Morgan fingerprint density at radius 3 is 2.00 bits per heavy atom. The lowest BCUT2D eigenvalue weighted by Crippen LogP contribution is -1.85. The summed E-state index contributed by atoms with van der Waals surface area (Å²) in [5.74, 6) is 0.301. The second-order valence-corrected chi connectivity index (χ2v) is 6.93. The van der Waals surface area contributed by atoms with Gasteiger partial charge in [-0.1, -0.05) is 72.8 Å². The number of aromatic nitrogens is 1. The average Bonchev–Trinajstić information content (AvgIpc) is 3.23. The summed E-state index contributed by atoms with van der Waals surface area (Å²) in [5, 5.41) is 11.3. The molecule has 2 N–H and O–H groups in total. The number of fused-ring (bicyclic) bond motifs is 1. The molecule has 0 aliphatic rings. The maximum atomic E-state index is 10.1. The van der Waals surface area contributed by atoms with Gasteiger partial charge < -0.3 is 10.1 Å². The number of H-pyrrole nitrogens is 1. The van der Waals surface area contributed by atoms with Crippen LogP contribution in [0.1, 0.15) is 0 Å². The number of phenols is 1. The number of rotatable bonds is 3. The number of hydrogen-bond acceptors (Lipinski definition) is 1. The first kappa shape index (κ1) is 16.4. The molecule has 0 aliphatic heterocycles. The van der Waals surface area contributed by atoms with E-state index in [9.17, 15) is 5.11 Å². The summed E-state index contributed by atoms with van der Waals surface area (Å²) in [5.41, 5.74) is 7.73. The van der Waals surface area contributed by atoms with Gasteiger partial charge in [-0.05, 0) is 46.5 Å². The van der Waals surface area contributed by atoms with Crippen molar-refractivity contribution in [1.29, 1.82) is 0 Å². The minimum absolute atomic E-state index is 0.301. The molecule has 0 atom stereocenters. The molecule has 0 unspecified atom stereocenters. The van der Waals surface area contributed by atoms with Gasteiger partial charge in [0.2, 0.25) is 0 Å². The molecule has 0 amide bonds. The van der Waals surface area contributed by atoms with Crippen LogP contribution < -0.4 is 0 Å². The van der Waals surface area contributed by atoms with Crippen LogP contribution in [0.5, 0.6) is 5.75 Å². The summed E-state index contributed by atoms with van der Waals surface area (Å²) in [4.78, 5) is 3.37. The molecular formula is C26H19NO. The van der Waals surface area contributed by atoms with E-state index in [-0.39, 0.29) is 0 Å². The van der Waals surface area contributed by atoms with Crippen LogP contribution in [0.15, 0.2) is 103 Å². The standard InChI is InChI=1S/C26H19NO/c28-25-9-5-4-8-23(25)20-12-10-18(11-13-20)22-16-21-14-15-27-26(21)24(17-22)19-6-2-1-3-7-19/h1-17,27-28H. The topological polar surface area (TPSA) is 36.0 Å². The number of benzene rings is 4. The first-order valence-electron chi connectivity index (χ1n) is 9.35. The van der Waals surface area contributed by atoms with Crippen LogP contribution >= 0.6 is 0 Å². The van der Waals surface area contributed by atoms with Crippen LogP contribution in [0, 0.1) is 0 Å². The molecule has 2 heteroatoms. The Bertz CT molecular complexity index is 1250. The summed E-state index contributed by atoms with van der Waals surface area (Å²) in [6.07, 6.45) is 1.99. The van der Waals surface area contributed by atoms with Crippen LogP contribution in [0.25, 0.3) is 44.3 Å². The van der Waals surface area contributed by atoms with E-state index >= 15 is 0 Å². The molecule has 28 heavy (non-hydrogen) atoms. The van der Waals surface area contributed by atoms with Crippen molar-refractivity contribution >= 4 is 10.9 Å². The van der Waals surface area contributed by atoms with Crippen molar-refractivity contribution in [3.8, 4) is 39.1 Å². The van der Waals surface area contributed by atoms with E-state index < -0.39 is 0 Å². The highest BCUT2D eigenvalue weighted by Gasteiger charge is 2.10. The molecule has 1 heterocycles. The molecule has 5 rings (SSSR count). The van der Waals surface area contributed by atoms with Gasteiger partial charge in [0.05, 0.1) is 5.52 Å². The molecule has 0 aliphatic carbocycles. The molecular weight excluding hydrogens is 342 g/mol. The smallest absolute Gasteiger partial charge is 0.123 e. The molecule has 5 aromatic rings.